The van der Waals surface area contributed by atoms with Crippen LogP contribution in [0.2, 0.25) is 0 Å². The van der Waals surface area contributed by atoms with E-state index in [9.17, 15) is 19.2 Å². The molecule has 1 fully saturated rings. The van der Waals surface area contributed by atoms with Crippen LogP contribution < -0.4 is 12.3 Å². The van der Waals surface area contributed by atoms with Crippen molar-refractivity contribution in [3.8, 4) is 0 Å². The molecule has 0 aromatic heterocycles. The maximum atomic E-state index is 10.4. The summed E-state index contributed by atoms with van der Waals surface area (Å²) in [5.74, 6) is -5.87. The molecule has 1 aliphatic rings. The van der Waals surface area contributed by atoms with E-state index in [-0.39, 0.29) is 40.0 Å². The van der Waals surface area contributed by atoms with Crippen molar-refractivity contribution in [1.82, 2.24) is 12.3 Å². The summed E-state index contributed by atoms with van der Waals surface area (Å²) >= 11 is 0. The van der Waals surface area contributed by atoms with Crippen LogP contribution in [0, 0.1) is 5.41 Å². The Hall–Kier alpha value is -1.59. The molecule has 0 unspecified atom stereocenters. The Morgan fingerprint density at radius 2 is 1.24 bits per heavy atom. The second-order valence-corrected chi connectivity index (χ2v) is 5.07. The van der Waals surface area contributed by atoms with Gasteiger partial charge in [-0.2, -0.15) is 0 Å². The second-order valence-electron chi connectivity index (χ2n) is 5.07. The van der Waals surface area contributed by atoms with Gasteiger partial charge in [0, 0.05) is 21.1 Å². The summed E-state index contributed by atoms with van der Waals surface area (Å²) in [7, 11) is 0. The zero-order chi connectivity index (χ0) is 17.6. The number of aliphatic carboxylic acids is 4. The van der Waals surface area contributed by atoms with E-state index in [4.69, 9.17) is 30.6 Å². The molecule has 0 spiro atoms. The van der Waals surface area contributed by atoms with Crippen molar-refractivity contribution in [2.45, 2.75) is 37.7 Å². The summed E-state index contributed by atoms with van der Waals surface area (Å²) in [6.07, 6.45) is -0.0756. The molecule has 0 radical (unpaired) electrons. The predicted molar refractivity (Wildman–Crippen MR) is 78.1 cm³/mol. The third-order valence-electron chi connectivity index (χ3n) is 3.35. The Kier molecular flexibility index (Phi) is 15.9. The minimum atomic E-state index is -2.74. The van der Waals surface area contributed by atoms with Gasteiger partial charge in [-0.1, -0.05) is 6.42 Å². The summed E-state index contributed by atoms with van der Waals surface area (Å²) in [4.78, 5) is 40.9. The normalized spacial score (nSPS) is 13.8. The van der Waals surface area contributed by atoms with Crippen molar-refractivity contribution in [3.63, 3.8) is 0 Å². The van der Waals surface area contributed by atoms with Crippen molar-refractivity contribution in [2.24, 2.45) is 5.41 Å². The van der Waals surface area contributed by atoms with Gasteiger partial charge in [0.2, 0.25) is 0 Å². The molecule has 0 aliphatic heterocycles. The largest absolute Gasteiger partial charge is 0.481 e. The quantitative estimate of drug-likeness (QED) is 0.195. The number of aliphatic hydroxyl groups is 2. The van der Waals surface area contributed by atoms with E-state index < -0.39 is 47.7 Å². The van der Waals surface area contributed by atoms with Gasteiger partial charge in [-0.25, -0.2) is 4.79 Å². The first kappa shape index (κ1) is 31.2. The average Bonchev–Trinajstić information content (AvgIpc) is 2.25. The van der Waals surface area contributed by atoms with Gasteiger partial charge in [0.15, 0.2) is 5.60 Å². The SMILES string of the molecule is N.N.O=C(O)C1(CO)CCC1.O=C(O)CC(O)(CC(=O)O)C(=O)O.[Pt]. The van der Waals surface area contributed by atoms with Crippen molar-refractivity contribution in [2.75, 3.05) is 6.61 Å². The van der Waals surface area contributed by atoms with Gasteiger partial charge in [0.1, 0.15) is 0 Å². The zero-order valence-corrected chi connectivity index (χ0v) is 15.6. The minimum absolute atomic E-state index is 0. The monoisotopic (exact) mass is 551 g/mol. The molecule has 152 valence electrons. The minimum Gasteiger partial charge on any atom is -0.481 e. The van der Waals surface area contributed by atoms with Gasteiger partial charge in [-0.15, -0.1) is 0 Å². The van der Waals surface area contributed by atoms with Gasteiger partial charge in [-0.3, -0.25) is 14.4 Å². The van der Waals surface area contributed by atoms with E-state index in [1.54, 1.807) is 0 Å². The summed E-state index contributed by atoms with van der Waals surface area (Å²) in [5, 5.41) is 51.0. The molecule has 0 heterocycles. The number of hydrogen-bond donors (Lipinski definition) is 8. The molecule has 12 N–H and O–H groups in total. The zero-order valence-electron chi connectivity index (χ0n) is 13.3. The molecule has 0 saturated heterocycles. The summed E-state index contributed by atoms with van der Waals surface area (Å²) in [6, 6.07) is 0. The second kappa shape index (κ2) is 12.7. The molecular formula is C12H24N2O10Pt. The molecule has 13 heteroatoms. The third kappa shape index (κ3) is 9.46. The molecule has 12 nitrogen and oxygen atoms in total. The molecule has 0 aromatic rings. The number of carboxylic acids is 4. The van der Waals surface area contributed by atoms with Crippen molar-refractivity contribution in [1.29, 1.82) is 0 Å². The standard InChI is InChI=1S/C6H8O7.C6H10O3.2H3N.Pt/c7-3(8)1-6(13,5(11)12)2-4(9)10;7-4-6(5(8)9)2-1-3-6;;;/h13H,1-2H2,(H,7,8)(H,9,10)(H,11,12);7H,1-4H2,(H,8,9);2*1H3;. The Balaban J connectivity index is -0.000000164. The van der Waals surface area contributed by atoms with Crippen LogP contribution >= 0.6 is 0 Å². The van der Waals surface area contributed by atoms with E-state index in [0.29, 0.717) is 12.8 Å². The predicted octanol–water partition coefficient (Wildman–Crippen LogP) is -0.693. The third-order valence-corrected chi connectivity index (χ3v) is 3.35. The van der Waals surface area contributed by atoms with E-state index in [1.807, 2.05) is 0 Å². The maximum Gasteiger partial charge on any atom is 0.336 e. The van der Waals surface area contributed by atoms with Crippen LogP contribution in [0.25, 0.3) is 0 Å². The van der Waals surface area contributed by atoms with Crippen molar-refractivity contribution >= 4 is 23.9 Å². The van der Waals surface area contributed by atoms with Crippen LogP contribution in [-0.4, -0.2) is 66.7 Å². The molecule has 1 rings (SSSR count). The van der Waals surface area contributed by atoms with Gasteiger partial charge in [0.05, 0.1) is 24.9 Å². The van der Waals surface area contributed by atoms with Crippen LogP contribution in [-0.2, 0) is 40.2 Å². The number of rotatable bonds is 7. The van der Waals surface area contributed by atoms with Crippen molar-refractivity contribution in [3.05, 3.63) is 0 Å². The Morgan fingerprint density at radius 1 is 0.880 bits per heavy atom. The first-order valence-corrected chi connectivity index (χ1v) is 6.23. The fourth-order valence-corrected chi connectivity index (χ4v) is 1.76. The average molecular weight is 551 g/mol. The molecule has 0 bridgehead atoms. The molecule has 0 aromatic carbocycles. The van der Waals surface area contributed by atoms with E-state index in [0.717, 1.165) is 6.42 Å². The molecular weight excluding hydrogens is 527 g/mol. The summed E-state index contributed by atoms with van der Waals surface area (Å²) in [6.45, 7) is -0.206. The van der Waals surface area contributed by atoms with Crippen LogP contribution in [0.4, 0.5) is 0 Å². The van der Waals surface area contributed by atoms with Gasteiger partial charge >= 0.3 is 23.9 Å². The summed E-state index contributed by atoms with van der Waals surface area (Å²) < 4.78 is 0. The van der Waals surface area contributed by atoms with Crippen molar-refractivity contribution < 1.29 is 70.9 Å². The summed E-state index contributed by atoms with van der Waals surface area (Å²) in [5.41, 5.74) is -3.50. The molecule has 0 amide bonds. The first-order valence-electron chi connectivity index (χ1n) is 6.23. The fourth-order valence-electron chi connectivity index (χ4n) is 1.76. The first-order chi connectivity index (χ1) is 9.99. The van der Waals surface area contributed by atoms with Gasteiger partial charge < -0.3 is 42.9 Å². The molecule has 1 aliphatic carbocycles. The number of aliphatic hydroxyl groups excluding tert-OH is 1. The van der Waals surface area contributed by atoms with Gasteiger partial charge in [0.25, 0.3) is 0 Å². The van der Waals surface area contributed by atoms with E-state index >= 15 is 0 Å². The molecule has 0 atom stereocenters. The van der Waals surface area contributed by atoms with Crippen LogP contribution in [0.15, 0.2) is 0 Å². The number of carbonyl (C=O) groups is 4. The van der Waals surface area contributed by atoms with Gasteiger partial charge in [-0.05, 0) is 12.8 Å². The maximum absolute atomic E-state index is 10.4. The number of hydrogen-bond acceptors (Lipinski definition) is 8. The Morgan fingerprint density at radius 3 is 1.32 bits per heavy atom. The van der Waals surface area contributed by atoms with E-state index in [1.165, 1.54) is 0 Å². The molecule has 1 saturated carbocycles. The Bertz CT molecular complexity index is 445. The smallest absolute Gasteiger partial charge is 0.336 e. The Labute approximate surface area is 157 Å². The topological polar surface area (TPSA) is 260 Å². The van der Waals surface area contributed by atoms with Crippen LogP contribution in [0.1, 0.15) is 32.1 Å². The van der Waals surface area contributed by atoms with E-state index in [2.05, 4.69) is 0 Å². The fraction of sp³-hybridized carbons (Fsp3) is 0.667. The molecule has 25 heavy (non-hydrogen) atoms. The van der Waals surface area contributed by atoms with Crippen LogP contribution in [0.3, 0.4) is 0 Å². The van der Waals surface area contributed by atoms with Crippen LogP contribution in [0.5, 0.6) is 0 Å². The number of carboxylic acid groups (broad SMARTS) is 4.